The van der Waals surface area contributed by atoms with Gasteiger partial charge in [0.15, 0.2) is 0 Å². The van der Waals surface area contributed by atoms with Gasteiger partial charge in [-0.15, -0.1) is 0 Å². The Morgan fingerprint density at radius 3 is 2.62 bits per heavy atom. The fourth-order valence-corrected chi connectivity index (χ4v) is 2.18. The third-order valence-corrected chi connectivity index (χ3v) is 3.34. The molecule has 2 aromatic rings. The predicted molar refractivity (Wildman–Crippen MR) is 78.9 cm³/mol. The monoisotopic (exact) mass is 327 g/mol. The molecule has 2 N–H and O–H groups in total. The highest BCUT2D eigenvalue weighted by Gasteiger charge is 2.19. The third kappa shape index (κ3) is 3.74. The molecule has 21 heavy (non-hydrogen) atoms. The van der Waals surface area contributed by atoms with Crippen LogP contribution >= 0.6 is 23.2 Å². The number of rotatable bonds is 5. The maximum absolute atomic E-state index is 11.9. The van der Waals surface area contributed by atoms with Gasteiger partial charge in [-0.05, 0) is 18.2 Å². The first-order chi connectivity index (χ1) is 9.99. The van der Waals surface area contributed by atoms with Crippen molar-refractivity contribution >= 4 is 40.8 Å². The van der Waals surface area contributed by atoms with E-state index in [1.807, 2.05) is 0 Å². The topological polar surface area (TPSA) is 84.2 Å². The van der Waals surface area contributed by atoms with Gasteiger partial charge in [0.1, 0.15) is 5.56 Å². The second-order valence-electron chi connectivity index (χ2n) is 4.15. The van der Waals surface area contributed by atoms with E-state index in [0.717, 1.165) is 0 Å². The van der Waals surface area contributed by atoms with E-state index in [0.29, 0.717) is 6.54 Å². The summed E-state index contributed by atoms with van der Waals surface area (Å²) in [5, 5.41) is 15.7. The number of carboxylic acid groups (broad SMARTS) is 1. The molecule has 8 heteroatoms. The summed E-state index contributed by atoms with van der Waals surface area (Å²) in [6.07, 6.45) is 3.46. The van der Waals surface area contributed by atoms with E-state index in [-0.39, 0.29) is 33.6 Å². The van der Waals surface area contributed by atoms with Gasteiger partial charge in [0, 0.05) is 25.4 Å². The average molecular weight is 328 g/mol. The Morgan fingerprint density at radius 2 is 2.00 bits per heavy atom. The number of carbonyl (C=O) groups is 2. The van der Waals surface area contributed by atoms with Crippen LogP contribution in [0.15, 0.2) is 30.6 Å². The van der Waals surface area contributed by atoms with Crippen molar-refractivity contribution in [3.05, 3.63) is 46.2 Å². The number of aromatic carboxylic acids is 1. The molecule has 0 spiro atoms. The number of nitrogens with zero attached hydrogens (tertiary/aromatic N) is 2. The number of nitrogens with one attached hydrogen (secondary N) is 1. The zero-order chi connectivity index (χ0) is 15.4. The summed E-state index contributed by atoms with van der Waals surface area (Å²) < 4.78 is 1.59. The zero-order valence-corrected chi connectivity index (χ0v) is 12.2. The largest absolute Gasteiger partial charge is 0.478 e. The number of halogens is 2. The minimum Gasteiger partial charge on any atom is -0.478 e. The van der Waals surface area contributed by atoms with E-state index >= 15 is 0 Å². The molecule has 0 aliphatic rings. The number of carboxylic acids is 1. The minimum absolute atomic E-state index is 0.00197. The first-order valence-electron chi connectivity index (χ1n) is 5.97. The minimum atomic E-state index is -1.26. The summed E-state index contributed by atoms with van der Waals surface area (Å²) in [7, 11) is 0. The van der Waals surface area contributed by atoms with Crippen molar-refractivity contribution in [3.8, 4) is 0 Å². The number of hydrogen-bond acceptors (Lipinski definition) is 3. The molecule has 0 saturated carbocycles. The van der Waals surface area contributed by atoms with Crippen molar-refractivity contribution in [1.82, 2.24) is 9.78 Å². The summed E-state index contributed by atoms with van der Waals surface area (Å²) in [6, 6.07) is 4.54. The van der Waals surface area contributed by atoms with Gasteiger partial charge in [0.25, 0.3) is 0 Å². The Morgan fingerprint density at radius 1 is 1.29 bits per heavy atom. The van der Waals surface area contributed by atoms with Gasteiger partial charge >= 0.3 is 5.97 Å². The third-order valence-electron chi connectivity index (χ3n) is 2.71. The highest BCUT2D eigenvalue weighted by molar-refractivity contribution is 6.38. The molecule has 0 aliphatic heterocycles. The fourth-order valence-electron chi connectivity index (χ4n) is 1.73. The standard InChI is InChI=1S/C13H11Cl2N3O3/c14-8-2-3-9(15)12(11(8)13(20)21)17-10(19)4-7-18-6-1-5-16-18/h1-3,5-6H,4,7H2,(H,17,19)(H,20,21). The van der Waals surface area contributed by atoms with E-state index in [1.165, 1.54) is 12.1 Å². The molecule has 1 heterocycles. The van der Waals surface area contributed by atoms with Crippen molar-refractivity contribution in [2.24, 2.45) is 0 Å². The van der Waals surface area contributed by atoms with E-state index in [4.69, 9.17) is 28.3 Å². The fraction of sp³-hybridized carbons (Fsp3) is 0.154. The summed E-state index contributed by atoms with van der Waals surface area (Å²) in [5.41, 5.74) is -0.223. The maximum Gasteiger partial charge on any atom is 0.339 e. The van der Waals surface area contributed by atoms with Gasteiger partial charge in [-0.3, -0.25) is 9.48 Å². The lowest BCUT2D eigenvalue weighted by molar-refractivity contribution is -0.116. The van der Waals surface area contributed by atoms with Crippen LogP contribution in [0.4, 0.5) is 5.69 Å². The van der Waals surface area contributed by atoms with Gasteiger partial charge in [-0.2, -0.15) is 5.10 Å². The summed E-state index contributed by atoms with van der Waals surface area (Å²) >= 11 is 11.8. The Hall–Kier alpha value is -2.05. The quantitative estimate of drug-likeness (QED) is 0.884. The smallest absolute Gasteiger partial charge is 0.339 e. The first-order valence-corrected chi connectivity index (χ1v) is 6.73. The molecular formula is C13H11Cl2N3O3. The number of aryl methyl sites for hydroxylation is 1. The zero-order valence-electron chi connectivity index (χ0n) is 10.7. The van der Waals surface area contributed by atoms with Crippen LogP contribution in [0.5, 0.6) is 0 Å². The van der Waals surface area contributed by atoms with Crippen LogP contribution in [0.25, 0.3) is 0 Å². The summed E-state index contributed by atoms with van der Waals surface area (Å²) in [6.45, 7) is 0.374. The lowest BCUT2D eigenvalue weighted by Gasteiger charge is -2.11. The number of carbonyl (C=O) groups excluding carboxylic acids is 1. The number of benzene rings is 1. The second kappa shape index (κ2) is 6.60. The normalized spacial score (nSPS) is 10.4. The molecule has 0 radical (unpaired) electrons. The Labute approximate surface area is 130 Å². The van der Waals surface area contributed by atoms with Gasteiger partial charge in [0.2, 0.25) is 5.91 Å². The Balaban J connectivity index is 2.13. The molecule has 2 rings (SSSR count). The van der Waals surface area contributed by atoms with Gasteiger partial charge in [-0.25, -0.2) is 4.79 Å². The SMILES string of the molecule is O=C(CCn1cccn1)Nc1c(Cl)ccc(Cl)c1C(=O)O. The van der Waals surface area contributed by atoms with E-state index in [1.54, 1.807) is 23.1 Å². The molecule has 0 aliphatic carbocycles. The molecule has 6 nitrogen and oxygen atoms in total. The lowest BCUT2D eigenvalue weighted by Crippen LogP contribution is -2.17. The summed E-state index contributed by atoms with van der Waals surface area (Å²) in [5.74, 6) is -1.64. The molecule has 0 unspecified atom stereocenters. The Kier molecular flexibility index (Phi) is 4.82. The van der Waals surface area contributed by atoms with Crippen molar-refractivity contribution in [1.29, 1.82) is 0 Å². The van der Waals surface area contributed by atoms with E-state index in [2.05, 4.69) is 10.4 Å². The number of amides is 1. The van der Waals surface area contributed by atoms with Crippen LogP contribution in [0.2, 0.25) is 10.0 Å². The highest BCUT2D eigenvalue weighted by atomic mass is 35.5. The van der Waals surface area contributed by atoms with Crippen molar-refractivity contribution in [3.63, 3.8) is 0 Å². The number of hydrogen-bond donors (Lipinski definition) is 2. The summed E-state index contributed by atoms with van der Waals surface area (Å²) in [4.78, 5) is 23.1. The second-order valence-corrected chi connectivity index (χ2v) is 4.97. The average Bonchev–Trinajstić information content (AvgIpc) is 2.93. The van der Waals surface area contributed by atoms with Gasteiger partial charge < -0.3 is 10.4 Å². The van der Waals surface area contributed by atoms with Crippen LogP contribution in [-0.4, -0.2) is 26.8 Å². The molecule has 110 valence electrons. The molecule has 0 bridgehead atoms. The van der Waals surface area contributed by atoms with Crippen LogP contribution in [0, 0.1) is 0 Å². The molecular weight excluding hydrogens is 317 g/mol. The first kappa shape index (κ1) is 15.3. The molecule has 1 aromatic carbocycles. The van der Waals surface area contributed by atoms with Crippen LogP contribution in [0.1, 0.15) is 16.8 Å². The number of anilines is 1. The molecule has 0 fully saturated rings. The van der Waals surface area contributed by atoms with Gasteiger partial charge in [0.05, 0.1) is 15.7 Å². The van der Waals surface area contributed by atoms with E-state index < -0.39 is 5.97 Å². The number of aromatic nitrogens is 2. The van der Waals surface area contributed by atoms with Crippen molar-refractivity contribution < 1.29 is 14.7 Å². The van der Waals surface area contributed by atoms with Crippen LogP contribution in [-0.2, 0) is 11.3 Å². The van der Waals surface area contributed by atoms with Crippen molar-refractivity contribution in [2.45, 2.75) is 13.0 Å². The Bertz CT molecular complexity index is 672. The van der Waals surface area contributed by atoms with Gasteiger partial charge in [-0.1, -0.05) is 23.2 Å². The lowest BCUT2D eigenvalue weighted by atomic mass is 10.1. The molecule has 1 amide bonds. The molecule has 0 atom stereocenters. The van der Waals surface area contributed by atoms with Crippen molar-refractivity contribution in [2.75, 3.05) is 5.32 Å². The molecule has 0 saturated heterocycles. The molecule has 1 aromatic heterocycles. The predicted octanol–water partition coefficient (Wildman–Crippen LogP) is 2.92. The highest BCUT2D eigenvalue weighted by Crippen LogP contribution is 2.32. The van der Waals surface area contributed by atoms with E-state index in [9.17, 15) is 9.59 Å². The maximum atomic E-state index is 11.9. The van der Waals surface area contributed by atoms with Crippen LogP contribution in [0.3, 0.4) is 0 Å². The van der Waals surface area contributed by atoms with Crippen LogP contribution < -0.4 is 5.32 Å².